The van der Waals surface area contributed by atoms with Gasteiger partial charge in [-0.1, -0.05) is 31.2 Å². The van der Waals surface area contributed by atoms with Crippen molar-refractivity contribution < 1.29 is 17.9 Å². The summed E-state index contributed by atoms with van der Waals surface area (Å²) in [6, 6.07) is 15.2. The molecule has 0 bridgehead atoms. The number of thiophene rings is 1. The third-order valence-corrected chi connectivity index (χ3v) is 7.81. The molecule has 0 fully saturated rings. The minimum Gasteiger partial charge on any atom is -0.768 e. The lowest BCUT2D eigenvalue weighted by molar-refractivity contribution is -0.115. The number of hydrogen-bond donors (Lipinski definition) is 1. The minimum absolute atomic E-state index is 0.0719. The number of amides is 1. The number of halogens is 1. The molecule has 9 heteroatoms. The molecule has 0 aliphatic carbocycles. The molecule has 3 aromatic rings. The molecule has 6 nitrogen and oxygen atoms in total. The van der Waals surface area contributed by atoms with E-state index in [0.29, 0.717) is 29.2 Å². The molecular formula is C25H23FN3O3S2-. The summed E-state index contributed by atoms with van der Waals surface area (Å²) in [5.41, 5.74) is 2.96. The van der Waals surface area contributed by atoms with Crippen molar-refractivity contribution in [1.29, 1.82) is 5.26 Å². The first kappa shape index (κ1) is 24.2. The molecular weight excluding hydrogens is 473 g/mol. The number of nitrogens with zero attached hydrogens (tertiary/aromatic N) is 2. The van der Waals surface area contributed by atoms with Crippen molar-refractivity contribution >= 4 is 33.3 Å². The molecule has 1 aliphatic rings. The van der Waals surface area contributed by atoms with Crippen molar-refractivity contribution in [3.8, 4) is 6.07 Å². The standard InChI is InChI=1S/C25H24FN3O3S2/c1-2-19-12-23-22(15-29(19)14-17-4-3-5-18(26)10-17)21(13-27)25(33-23)28-24(30)11-16-6-8-20(9-7-16)34(31)32/h3-10,19H,2,11-12,14-15H2,1H3,(H,28,30)(H,31,32)/p-1. The summed E-state index contributed by atoms with van der Waals surface area (Å²) in [5.74, 6) is -0.535. The average molecular weight is 497 g/mol. The molecule has 2 heterocycles. The van der Waals surface area contributed by atoms with Gasteiger partial charge in [-0.3, -0.25) is 13.9 Å². The second kappa shape index (κ2) is 10.6. The fourth-order valence-corrected chi connectivity index (χ4v) is 5.86. The molecule has 2 aromatic carbocycles. The number of anilines is 1. The van der Waals surface area contributed by atoms with E-state index in [4.69, 9.17) is 0 Å². The van der Waals surface area contributed by atoms with E-state index in [-0.39, 0.29) is 29.1 Å². The van der Waals surface area contributed by atoms with Crippen molar-refractivity contribution in [1.82, 2.24) is 4.90 Å². The molecule has 1 aromatic heterocycles. The van der Waals surface area contributed by atoms with Gasteiger partial charge in [-0.25, -0.2) is 4.39 Å². The van der Waals surface area contributed by atoms with Crippen LogP contribution < -0.4 is 5.32 Å². The Labute approximate surface area is 204 Å². The summed E-state index contributed by atoms with van der Waals surface area (Å²) in [6.07, 6.45) is 1.76. The first-order valence-corrected chi connectivity index (χ1v) is 12.8. The summed E-state index contributed by atoms with van der Waals surface area (Å²) in [4.78, 5) is 16.2. The fourth-order valence-electron chi connectivity index (χ4n) is 4.26. The lowest BCUT2D eigenvalue weighted by Crippen LogP contribution is -2.39. The molecule has 34 heavy (non-hydrogen) atoms. The summed E-state index contributed by atoms with van der Waals surface area (Å²) in [6.45, 7) is 3.26. The van der Waals surface area contributed by atoms with Gasteiger partial charge in [-0.15, -0.1) is 11.3 Å². The quantitative estimate of drug-likeness (QED) is 0.486. The van der Waals surface area contributed by atoms with Crippen LogP contribution in [0.5, 0.6) is 0 Å². The zero-order chi connectivity index (χ0) is 24.2. The maximum absolute atomic E-state index is 13.7. The molecule has 176 valence electrons. The van der Waals surface area contributed by atoms with Crippen molar-refractivity contribution in [2.24, 2.45) is 0 Å². The van der Waals surface area contributed by atoms with Crippen LogP contribution in [0.4, 0.5) is 9.39 Å². The maximum Gasteiger partial charge on any atom is 0.229 e. The van der Waals surface area contributed by atoms with Gasteiger partial charge in [0.05, 0.1) is 12.0 Å². The highest BCUT2D eigenvalue weighted by atomic mass is 32.2. The highest BCUT2D eigenvalue weighted by Crippen LogP contribution is 2.39. The average Bonchev–Trinajstić information content (AvgIpc) is 3.14. The van der Waals surface area contributed by atoms with Crippen molar-refractivity contribution in [2.45, 2.75) is 50.2 Å². The molecule has 0 spiro atoms. The summed E-state index contributed by atoms with van der Waals surface area (Å²) >= 11 is -0.872. The topological polar surface area (TPSA) is 96.3 Å². The van der Waals surface area contributed by atoms with Crippen molar-refractivity contribution in [3.05, 3.63) is 81.5 Å². The summed E-state index contributed by atoms with van der Waals surface area (Å²) in [5, 5.41) is 13.3. The van der Waals surface area contributed by atoms with E-state index in [1.54, 1.807) is 18.2 Å². The van der Waals surface area contributed by atoms with Crippen LogP contribution in [0.1, 0.15) is 40.5 Å². The van der Waals surface area contributed by atoms with Gasteiger partial charge in [0.2, 0.25) is 5.91 Å². The van der Waals surface area contributed by atoms with Gasteiger partial charge in [-0.05, 0) is 59.3 Å². The third-order valence-electron chi connectivity index (χ3n) is 5.98. The van der Waals surface area contributed by atoms with Gasteiger partial charge in [0.15, 0.2) is 0 Å². The molecule has 1 amide bonds. The maximum atomic E-state index is 13.7. The summed E-state index contributed by atoms with van der Waals surface area (Å²) in [7, 11) is 0. The number of fused-ring (bicyclic) bond motifs is 1. The number of hydrogen-bond acceptors (Lipinski definition) is 6. The Morgan fingerprint density at radius 3 is 2.71 bits per heavy atom. The highest BCUT2D eigenvalue weighted by molar-refractivity contribution is 7.79. The Morgan fingerprint density at radius 1 is 1.29 bits per heavy atom. The van der Waals surface area contributed by atoms with Crippen LogP contribution >= 0.6 is 11.3 Å². The Balaban J connectivity index is 1.51. The number of nitrogens with one attached hydrogen (secondary N) is 1. The molecule has 1 aliphatic heterocycles. The Bertz CT molecular complexity index is 1270. The first-order valence-electron chi connectivity index (χ1n) is 10.9. The fraction of sp³-hybridized carbons (Fsp3) is 0.280. The van der Waals surface area contributed by atoms with Crippen LogP contribution in [-0.4, -0.2) is 25.6 Å². The number of benzene rings is 2. The molecule has 2 atom stereocenters. The van der Waals surface area contributed by atoms with Gasteiger partial charge < -0.3 is 9.87 Å². The zero-order valence-electron chi connectivity index (χ0n) is 18.5. The molecule has 1 N–H and O–H groups in total. The van der Waals surface area contributed by atoms with Gasteiger partial charge in [-0.2, -0.15) is 5.26 Å². The van der Waals surface area contributed by atoms with Crippen molar-refractivity contribution in [2.75, 3.05) is 5.32 Å². The van der Waals surface area contributed by atoms with Gasteiger partial charge in [0, 0.05) is 34.5 Å². The monoisotopic (exact) mass is 496 g/mol. The van der Waals surface area contributed by atoms with E-state index in [2.05, 4.69) is 23.2 Å². The van der Waals surface area contributed by atoms with Gasteiger partial charge in [0.1, 0.15) is 16.9 Å². The minimum atomic E-state index is -2.31. The molecule has 4 rings (SSSR count). The van der Waals surface area contributed by atoms with Crippen LogP contribution in [0.3, 0.4) is 0 Å². The SMILES string of the molecule is CCC1Cc2sc(NC(=O)Cc3ccc(S(=O)[O-])cc3)c(C#N)c2CN1Cc1cccc(F)c1. The lowest BCUT2D eigenvalue weighted by Gasteiger charge is -2.35. The molecule has 0 saturated heterocycles. The van der Waals surface area contributed by atoms with E-state index in [9.17, 15) is 23.2 Å². The smallest absolute Gasteiger partial charge is 0.229 e. The second-order valence-electron chi connectivity index (χ2n) is 8.22. The first-order chi connectivity index (χ1) is 16.4. The number of rotatable bonds is 7. The van der Waals surface area contributed by atoms with E-state index in [0.717, 1.165) is 28.8 Å². The Hall–Kier alpha value is -2.90. The lowest BCUT2D eigenvalue weighted by atomic mass is 9.96. The number of carbonyl (C=O) groups excluding carboxylic acids is 1. The van der Waals surface area contributed by atoms with Gasteiger partial charge >= 0.3 is 0 Å². The largest absolute Gasteiger partial charge is 0.768 e. The van der Waals surface area contributed by atoms with Crippen LogP contribution in [0.25, 0.3) is 0 Å². The van der Waals surface area contributed by atoms with E-state index in [1.165, 1.54) is 35.6 Å². The van der Waals surface area contributed by atoms with Gasteiger partial charge in [0.25, 0.3) is 0 Å². The summed E-state index contributed by atoms with van der Waals surface area (Å²) < 4.78 is 35.7. The third kappa shape index (κ3) is 5.42. The normalized spacial score (nSPS) is 16.5. The van der Waals surface area contributed by atoms with Crippen molar-refractivity contribution in [3.63, 3.8) is 0 Å². The second-order valence-corrected chi connectivity index (χ2v) is 10.3. The molecule has 2 unspecified atom stereocenters. The van der Waals surface area contributed by atoms with Crippen LogP contribution in [-0.2, 0) is 41.8 Å². The Kier molecular flexibility index (Phi) is 7.54. The predicted octanol–water partition coefficient (Wildman–Crippen LogP) is 4.51. The van der Waals surface area contributed by atoms with Crippen LogP contribution in [0.15, 0.2) is 53.4 Å². The number of carbonyl (C=O) groups is 1. The van der Waals surface area contributed by atoms with E-state index < -0.39 is 11.1 Å². The van der Waals surface area contributed by atoms with Crippen LogP contribution in [0, 0.1) is 17.1 Å². The van der Waals surface area contributed by atoms with E-state index >= 15 is 0 Å². The van der Waals surface area contributed by atoms with E-state index in [1.807, 2.05) is 6.07 Å². The zero-order valence-corrected chi connectivity index (χ0v) is 20.2. The number of nitriles is 1. The van der Waals surface area contributed by atoms with Crippen LogP contribution in [0.2, 0.25) is 0 Å². The molecule has 0 saturated carbocycles. The molecule has 0 radical (unpaired) electrons. The predicted molar refractivity (Wildman–Crippen MR) is 128 cm³/mol. The highest BCUT2D eigenvalue weighted by Gasteiger charge is 2.30. The Morgan fingerprint density at radius 2 is 2.06 bits per heavy atom.